The van der Waals surface area contributed by atoms with Gasteiger partial charge in [0.05, 0.1) is 20.3 Å². The molecular weight excluding hydrogens is 296 g/mol. The fourth-order valence-corrected chi connectivity index (χ4v) is 3.27. The normalized spacial score (nSPS) is 16.7. The van der Waals surface area contributed by atoms with Crippen LogP contribution >= 0.6 is 12.2 Å². The zero-order chi connectivity index (χ0) is 15.9. The van der Waals surface area contributed by atoms with Gasteiger partial charge in [-0.3, -0.25) is 0 Å². The summed E-state index contributed by atoms with van der Waals surface area (Å²) in [5.74, 6) is 1.65. The summed E-state index contributed by atoms with van der Waals surface area (Å²) in [4.78, 5) is 0. The number of rotatable bonds is 5. The van der Waals surface area contributed by atoms with Crippen molar-refractivity contribution in [2.75, 3.05) is 14.2 Å². The molecule has 0 unspecified atom stereocenters. The average Bonchev–Trinajstić information content (AvgIpc) is 2.54. The van der Waals surface area contributed by atoms with Gasteiger partial charge in [-0.25, -0.2) is 0 Å². The van der Waals surface area contributed by atoms with Crippen LogP contribution in [0.4, 0.5) is 0 Å². The van der Waals surface area contributed by atoms with E-state index in [2.05, 4.69) is 17.6 Å². The van der Waals surface area contributed by atoms with E-state index in [-0.39, 0.29) is 6.04 Å². The molecule has 1 fully saturated rings. The Kier molecular flexibility index (Phi) is 6.31. The Morgan fingerprint density at radius 2 is 1.91 bits per heavy atom. The number of hydrogen-bond donors (Lipinski definition) is 2. The van der Waals surface area contributed by atoms with Crippen molar-refractivity contribution in [3.63, 3.8) is 0 Å². The minimum absolute atomic E-state index is 0.0497. The molecule has 22 heavy (non-hydrogen) atoms. The molecular formula is C17H26N2O2S. The van der Waals surface area contributed by atoms with Gasteiger partial charge in [-0.05, 0) is 50.2 Å². The third-order valence-electron chi connectivity index (χ3n) is 4.19. The topological polar surface area (TPSA) is 42.5 Å². The van der Waals surface area contributed by atoms with E-state index >= 15 is 0 Å². The minimum Gasteiger partial charge on any atom is -0.497 e. The zero-order valence-corrected chi connectivity index (χ0v) is 14.5. The molecule has 1 aromatic carbocycles. The number of ether oxygens (including phenoxy) is 2. The lowest BCUT2D eigenvalue weighted by Crippen LogP contribution is -2.43. The molecule has 0 bridgehead atoms. The Morgan fingerprint density at radius 1 is 1.18 bits per heavy atom. The van der Waals surface area contributed by atoms with E-state index in [4.69, 9.17) is 21.7 Å². The van der Waals surface area contributed by atoms with E-state index in [1.165, 1.54) is 32.1 Å². The highest BCUT2D eigenvalue weighted by molar-refractivity contribution is 7.80. The van der Waals surface area contributed by atoms with Crippen molar-refractivity contribution >= 4 is 17.3 Å². The molecule has 4 nitrogen and oxygen atoms in total. The molecule has 0 radical (unpaired) electrons. The second-order valence-corrected chi connectivity index (χ2v) is 6.19. The predicted octanol–water partition coefficient (Wildman–Crippen LogP) is 3.56. The maximum atomic E-state index is 5.46. The van der Waals surface area contributed by atoms with Crippen LogP contribution in [0.3, 0.4) is 0 Å². The molecule has 0 saturated heterocycles. The maximum Gasteiger partial charge on any atom is 0.166 e. The van der Waals surface area contributed by atoms with E-state index in [1.807, 2.05) is 18.2 Å². The highest BCUT2D eigenvalue weighted by Gasteiger charge is 2.17. The van der Waals surface area contributed by atoms with Gasteiger partial charge in [-0.15, -0.1) is 0 Å². The lowest BCUT2D eigenvalue weighted by Gasteiger charge is -2.26. The van der Waals surface area contributed by atoms with Crippen molar-refractivity contribution in [1.29, 1.82) is 0 Å². The summed E-state index contributed by atoms with van der Waals surface area (Å²) in [6.45, 7) is 2.08. The van der Waals surface area contributed by atoms with E-state index in [0.29, 0.717) is 11.2 Å². The van der Waals surface area contributed by atoms with Crippen LogP contribution < -0.4 is 20.1 Å². The fraction of sp³-hybridized carbons (Fsp3) is 0.588. The van der Waals surface area contributed by atoms with Crippen LogP contribution in [-0.2, 0) is 0 Å². The Hall–Kier alpha value is -1.49. The largest absolute Gasteiger partial charge is 0.497 e. The molecule has 2 rings (SSSR count). The van der Waals surface area contributed by atoms with Gasteiger partial charge >= 0.3 is 0 Å². The summed E-state index contributed by atoms with van der Waals surface area (Å²) in [5, 5.41) is 7.50. The highest BCUT2D eigenvalue weighted by atomic mass is 32.1. The Morgan fingerprint density at radius 3 is 2.55 bits per heavy atom. The van der Waals surface area contributed by atoms with Gasteiger partial charge in [0.25, 0.3) is 0 Å². The lowest BCUT2D eigenvalue weighted by molar-refractivity contribution is 0.393. The van der Waals surface area contributed by atoms with Gasteiger partial charge in [0.2, 0.25) is 0 Å². The van der Waals surface area contributed by atoms with Crippen molar-refractivity contribution in [2.45, 2.75) is 51.1 Å². The summed E-state index contributed by atoms with van der Waals surface area (Å²) in [6.07, 6.45) is 6.34. The number of nitrogens with one attached hydrogen (secondary N) is 2. The van der Waals surface area contributed by atoms with Gasteiger partial charge in [-0.2, -0.15) is 0 Å². The fourth-order valence-electron chi connectivity index (χ4n) is 2.93. The number of benzene rings is 1. The molecule has 1 aliphatic carbocycles. The van der Waals surface area contributed by atoms with E-state index in [0.717, 1.165) is 17.1 Å². The van der Waals surface area contributed by atoms with Gasteiger partial charge in [0, 0.05) is 11.6 Å². The molecule has 0 spiro atoms. The maximum absolute atomic E-state index is 5.46. The third-order valence-corrected chi connectivity index (χ3v) is 4.43. The van der Waals surface area contributed by atoms with E-state index in [9.17, 15) is 0 Å². The van der Waals surface area contributed by atoms with Crippen LogP contribution in [0.15, 0.2) is 18.2 Å². The first-order chi connectivity index (χ1) is 10.6. The first-order valence-corrected chi connectivity index (χ1v) is 8.34. The van der Waals surface area contributed by atoms with Crippen LogP contribution in [0.5, 0.6) is 11.5 Å². The van der Waals surface area contributed by atoms with Gasteiger partial charge in [0.15, 0.2) is 5.11 Å². The monoisotopic (exact) mass is 322 g/mol. The lowest BCUT2D eigenvalue weighted by atomic mass is 9.96. The van der Waals surface area contributed by atoms with E-state index < -0.39 is 0 Å². The van der Waals surface area contributed by atoms with E-state index in [1.54, 1.807) is 14.2 Å². The molecule has 2 N–H and O–H groups in total. The second-order valence-electron chi connectivity index (χ2n) is 5.78. The highest BCUT2D eigenvalue weighted by Crippen LogP contribution is 2.29. The van der Waals surface area contributed by atoms with Crippen molar-refractivity contribution in [2.24, 2.45) is 0 Å². The van der Waals surface area contributed by atoms with Crippen LogP contribution in [0.2, 0.25) is 0 Å². The number of methoxy groups -OCH3 is 2. The van der Waals surface area contributed by atoms with Crippen molar-refractivity contribution in [3.8, 4) is 11.5 Å². The molecule has 0 heterocycles. The molecule has 0 aromatic heterocycles. The predicted molar refractivity (Wildman–Crippen MR) is 93.7 cm³/mol. The molecule has 5 heteroatoms. The first-order valence-electron chi connectivity index (χ1n) is 7.93. The second kappa shape index (κ2) is 8.22. The van der Waals surface area contributed by atoms with Gasteiger partial charge < -0.3 is 20.1 Å². The Balaban J connectivity index is 1.98. The standard InChI is InChI=1S/C17H26N2O2S/c1-12(15-11-14(20-2)9-10-16(15)21-3)18-17(22)19-13-7-5-4-6-8-13/h9-13H,4-8H2,1-3H3,(H2,18,19,22)/t12-/m1/s1. The molecule has 1 aliphatic rings. The smallest absolute Gasteiger partial charge is 0.166 e. The molecule has 1 atom stereocenters. The summed E-state index contributed by atoms with van der Waals surface area (Å²) < 4.78 is 10.7. The number of thiocarbonyl (C=S) groups is 1. The SMILES string of the molecule is COc1ccc(OC)c([C@@H](C)NC(=S)NC2CCCCC2)c1. The van der Waals surface area contributed by atoms with Gasteiger partial charge in [0.1, 0.15) is 11.5 Å². The number of hydrogen-bond acceptors (Lipinski definition) is 3. The van der Waals surface area contributed by atoms with Crippen molar-refractivity contribution < 1.29 is 9.47 Å². The average molecular weight is 322 g/mol. The first kappa shape index (κ1) is 16.9. The van der Waals surface area contributed by atoms with Crippen molar-refractivity contribution in [3.05, 3.63) is 23.8 Å². The van der Waals surface area contributed by atoms with Crippen molar-refractivity contribution in [1.82, 2.24) is 10.6 Å². The summed E-state index contributed by atoms with van der Waals surface area (Å²) in [5.41, 5.74) is 1.04. The Labute approximate surface area is 138 Å². The van der Waals surface area contributed by atoms with Crippen LogP contribution in [0, 0.1) is 0 Å². The minimum atomic E-state index is 0.0497. The van der Waals surface area contributed by atoms with Crippen LogP contribution in [-0.4, -0.2) is 25.4 Å². The van der Waals surface area contributed by atoms with Gasteiger partial charge in [-0.1, -0.05) is 19.3 Å². The molecule has 0 amide bonds. The zero-order valence-electron chi connectivity index (χ0n) is 13.6. The van der Waals surface area contributed by atoms with Crippen LogP contribution in [0.1, 0.15) is 50.6 Å². The molecule has 1 saturated carbocycles. The molecule has 122 valence electrons. The molecule has 0 aliphatic heterocycles. The molecule has 1 aromatic rings. The van der Waals surface area contributed by atoms with Crippen LogP contribution in [0.25, 0.3) is 0 Å². The summed E-state index contributed by atoms with van der Waals surface area (Å²) >= 11 is 5.46. The quantitative estimate of drug-likeness (QED) is 0.811. The Bertz CT molecular complexity index is 501. The summed E-state index contributed by atoms with van der Waals surface area (Å²) in [6, 6.07) is 6.36. The summed E-state index contributed by atoms with van der Waals surface area (Å²) in [7, 11) is 3.34. The third kappa shape index (κ3) is 4.50.